The lowest BCUT2D eigenvalue weighted by Crippen LogP contribution is -2.41. The molecule has 0 atom stereocenters. The van der Waals surface area contributed by atoms with Crippen LogP contribution < -0.4 is 5.46 Å². The summed E-state index contributed by atoms with van der Waals surface area (Å²) in [7, 11) is -0.356. The fourth-order valence-electron chi connectivity index (χ4n) is 1.97. The van der Waals surface area contributed by atoms with Crippen LogP contribution in [-0.2, 0) is 9.31 Å². The molecule has 5 heteroatoms. The Kier molecular flexibility index (Phi) is 4.62. The van der Waals surface area contributed by atoms with E-state index < -0.39 is 0 Å². The lowest BCUT2D eigenvalue weighted by Gasteiger charge is -2.32. The summed E-state index contributed by atoms with van der Waals surface area (Å²) in [4.78, 5) is 4.27. The van der Waals surface area contributed by atoms with E-state index in [0.717, 1.165) is 23.2 Å². The van der Waals surface area contributed by atoms with Crippen molar-refractivity contribution in [3.8, 4) is 0 Å². The topological polar surface area (TPSA) is 31.4 Å². The molecule has 2 rings (SSSR count). The van der Waals surface area contributed by atoms with Crippen LogP contribution in [0.2, 0.25) is 0 Å². The SMILES string of the molecule is CC1(C)OB(c2cncc(C=CCCS)c2)OC1(C)C. The maximum Gasteiger partial charge on any atom is 0.496 e. The number of hydrogen-bond acceptors (Lipinski definition) is 4. The Morgan fingerprint density at radius 2 is 1.85 bits per heavy atom. The maximum atomic E-state index is 6.03. The van der Waals surface area contributed by atoms with Crippen molar-refractivity contribution >= 4 is 31.3 Å². The smallest absolute Gasteiger partial charge is 0.399 e. The van der Waals surface area contributed by atoms with Crippen molar-refractivity contribution in [3.05, 3.63) is 30.1 Å². The number of hydrogen-bond donors (Lipinski definition) is 1. The van der Waals surface area contributed by atoms with Crippen LogP contribution in [0.25, 0.3) is 6.08 Å². The highest BCUT2D eigenvalue weighted by Gasteiger charge is 2.51. The lowest BCUT2D eigenvalue weighted by atomic mass is 9.80. The molecular weight excluding hydrogens is 269 g/mol. The third-order valence-corrected chi connectivity index (χ3v) is 4.17. The van der Waals surface area contributed by atoms with Gasteiger partial charge in [-0.2, -0.15) is 12.6 Å². The quantitative estimate of drug-likeness (QED) is 0.683. The minimum Gasteiger partial charge on any atom is -0.399 e. The molecule has 1 aromatic heterocycles. The van der Waals surface area contributed by atoms with Crippen LogP contribution in [0.4, 0.5) is 0 Å². The molecule has 1 aliphatic rings. The van der Waals surface area contributed by atoms with Crippen molar-refractivity contribution < 1.29 is 9.31 Å². The molecule has 0 spiro atoms. The van der Waals surface area contributed by atoms with Crippen LogP contribution >= 0.6 is 12.6 Å². The minimum absolute atomic E-state index is 0.324. The Balaban J connectivity index is 2.17. The normalized spacial score (nSPS) is 20.8. The largest absolute Gasteiger partial charge is 0.496 e. The summed E-state index contributed by atoms with van der Waals surface area (Å²) in [5, 5.41) is 0. The highest BCUT2D eigenvalue weighted by Crippen LogP contribution is 2.36. The summed E-state index contributed by atoms with van der Waals surface area (Å²) in [6.45, 7) is 8.21. The first-order valence-electron chi connectivity index (χ1n) is 6.94. The van der Waals surface area contributed by atoms with E-state index in [0.29, 0.717) is 0 Å². The molecule has 1 fully saturated rings. The van der Waals surface area contributed by atoms with Crippen molar-refractivity contribution in [1.29, 1.82) is 0 Å². The van der Waals surface area contributed by atoms with E-state index in [4.69, 9.17) is 9.31 Å². The summed E-state index contributed by atoms with van der Waals surface area (Å²) in [5.41, 5.74) is 1.36. The molecule has 0 amide bonds. The standard InChI is InChI=1S/C15H22BNO2S/c1-14(2)15(3,4)19-16(18-14)13-9-12(10-17-11-13)7-5-6-8-20/h5,7,9-11,20H,6,8H2,1-4H3. The molecule has 1 aromatic rings. The third kappa shape index (κ3) is 3.27. The van der Waals surface area contributed by atoms with Gasteiger partial charge in [0, 0.05) is 17.9 Å². The molecule has 2 heterocycles. The summed E-state index contributed by atoms with van der Waals surface area (Å²) in [6.07, 6.45) is 8.74. The van der Waals surface area contributed by atoms with Crippen LogP contribution in [-0.4, -0.2) is 29.1 Å². The van der Waals surface area contributed by atoms with E-state index in [1.807, 2.05) is 6.20 Å². The van der Waals surface area contributed by atoms with Crippen LogP contribution in [0.3, 0.4) is 0 Å². The van der Waals surface area contributed by atoms with Gasteiger partial charge in [-0.3, -0.25) is 4.98 Å². The van der Waals surface area contributed by atoms with Gasteiger partial charge in [0.1, 0.15) is 0 Å². The first kappa shape index (κ1) is 15.6. The van der Waals surface area contributed by atoms with Gasteiger partial charge in [0.05, 0.1) is 11.2 Å². The van der Waals surface area contributed by atoms with Gasteiger partial charge in [-0.1, -0.05) is 18.2 Å². The van der Waals surface area contributed by atoms with Crippen LogP contribution in [0.1, 0.15) is 39.7 Å². The number of pyridine rings is 1. The Morgan fingerprint density at radius 1 is 1.20 bits per heavy atom. The van der Waals surface area contributed by atoms with Crippen LogP contribution in [0, 0.1) is 0 Å². The number of rotatable bonds is 4. The fourth-order valence-corrected chi connectivity index (χ4v) is 2.12. The monoisotopic (exact) mass is 291 g/mol. The maximum absolute atomic E-state index is 6.03. The van der Waals surface area contributed by atoms with Gasteiger partial charge < -0.3 is 9.31 Å². The highest BCUT2D eigenvalue weighted by atomic mass is 32.1. The summed E-state index contributed by atoms with van der Waals surface area (Å²) in [6, 6.07) is 2.06. The van der Waals surface area contributed by atoms with E-state index in [9.17, 15) is 0 Å². The van der Waals surface area contributed by atoms with Crippen molar-refractivity contribution in [2.45, 2.75) is 45.3 Å². The number of thiol groups is 1. The minimum atomic E-state index is -0.356. The van der Waals surface area contributed by atoms with Crippen molar-refractivity contribution in [1.82, 2.24) is 4.98 Å². The molecule has 0 N–H and O–H groups in total. The van der Waals surface area contributed by atoms with Gasteiger partial charge in [-0.15, -0.1) is 0 Å². The highest BCUT2D eigenvalue weighted by molar-refractivity contribution is 7.80. The number of aromatic nitrogens is 1. The molecule has 0 aliphatic carbocycles. The molecule has 3 nitrogen and oxygen atoms in total. The van der Waals surface area contributed by atoms with Gasteiger partial charge >= 0.3 is 7.12 Å². The third-order valence-electron chi connectivity index (χ3n) is 3.91. The predicted molar refractivity (Wildman–Crippen MR) is 87.5 cm³/mol. The van der Waals surface area contributed by atoms with Gasteiger partial charge in [-0.25, -0.2) is 0 Å². The zero-order valence-electron chi connectivity index (χ0n) is 12.6. The zero-order valence-corrected chi connectivity index (χ0v) is 13.5. The molecular formula is C15H22BNO2S. The van der Waals surface area contributed by atoms with Crippen molar-refractivity contribution in [2.75, 3.05) is 5.75 Å². The second-order valence-electron chi connectivity index (χ2n) is 6.05. The molecule has 1 aliphatic heterocycles. The molecule has 1 saturated heterocycles. The Hall–Kier alpha value is -0.775. The van der Waals surface area contributed by atoms with E-state index >= 15 is 0 Å². The zero-order chi connectivity index (χ0) is 14.8. The van der Waals surface area contributed by atoms with E-state index in [-0.39, 0.29) is 18.3 Å². The number of nitrogens with zero attached hydrogens (tertiary/aromatic N) is 1. The first-order valence-corrected chi connectivity index (χ1v) is 7.57. The molecule has 108 valence electrons. The van der Waals surface area contributed by atoms with Gasteiger partial charge in [-0.05, 0) is 45.4 Å². The molecule has 20 heavy (non-hydrogen) atoms. The average Bonchev–Trinajstić information content (AvgIpc) is 2.59. The van der Waals surface area contributed by atoms with Gasteiger partial charge in [0.15, 0.2) is 0 Å². The van der Waals surface area contributed by atoms with E-state index in [1.165, 1.54) is 0 Å². The Labute approximate surface area is 127 Å². The van der Waals surface area contributed by atoms with Crippen LogP contribution in [0.15, 0.2) is 24.5 Å². The number of allylic oxidation sites excluding steroid dienone is 1. The van der Waals surface area contributed by atoms with E-state index in [2.05, 4.69) is 63.5 Å². The van der Waals surface area contributed by atoms with E-state index in [1.54, 1.807) is 6.20 Å². The predicted octanol–water partition coefficient (Wildman–Crippen LogP) is 2.71. The second kappa shape index (κ2) is 5.92. The molecule has 0 bridgehead atoms. The second-order valence-corrected chi connectivity index (χ2v) is 6.50. The Bertz CT molecular complexity index is 486. The average molecular weight is 291 g/mol. The lowest BCUT2D eigenvalue weighted by molar-refractivity contribution is 0.00578. The van der Waals surface area contributed by atoms with Crippen molar-refractivity contribution in [3.63, 3.8) is 0 Å². The molecule has 0 aromatic carbocycles. The molecule has 0 unspecified atom stereocenters. The van der Waals surface area contributed by atoms with Crippen LogP contribution in [0.5, 0.6) is 0 Å². The summed E-state index contributed by atoms with van der Waals surface area (Å²) in [5.74, 6) is 0.848. The Morgan fingerprint density at radius 3 is 2.45 bits per heavy atom. The molecule has 0 saturated carbocycles. The summed E-state index contributed by atoms with van der Waals surface area (Å²) >= 11 is 4.19. The first-order chi connectivity index (χ1) is 9.36. The summed E-state index contributed by atoms with van der Waals surface area (Å²) < 4.78 is 12.1. The van der Waals surface area contributed by atoms with Crippen molar-refractivity contribution in [2.24, 2.45) is 0 Å². The molecule has 0 radical (unpaired) electrons. The fraction of sp³-hybridized carbons (Fsp3) is 0.533. The van der Waals surface area contributed by atoms with Gasteiger partial charge in [0.2, 0.25) is 0 Å². The van der Waals surface area contributed by atoms with Gasteiger partial charge in [0.25, 0.3) is 0 Å².